The highest BCUT2D eigenvalue weighted by molar-refractivity contribution is 6.18. The molecule has 1 aliphatic rings. The minimum Gasteiger partial charge on any atom is -0.373 e. The molecule has 0 aromatic heterocycles. The van der Waals surface area contributed by atoms with Gasteiger partial charge in [-0.05, 0) is 13.8 Å². The van der Waals surface area contributed by atoms with Gasteiger partial charge in [0, 0.05) is 25.5 Å². The third kappa shape index (κ3) is 3.94. The van der Waals surface area contributed by atoms with Crippen LogP contribution < -0.4 is 0 Å². The second-order valence-electron chi connectivity index (χ2n) is 3.21. The Balaban J connectivity index is 0.00000121. The maximum atomic E-state index is 5.65. The topological polar surface area (TPSA) is 12.5 Å². The van der Waals surface area contributed by atoms with Gasteiger partial charge in [-0.3, -0.25) is 4.90 Å². The lowest BCUT2D eigenvalue weighted by atomic mass is 10.2. The fraction of sp³-hybridized carbons (Fsp3) is 1.00. The average molecular weight is 214 g/mol. The average Bonchev–Trinajstić information content (AvgIpc) is 1.85. The van der Waals surface area contributed by atoms with Crippen molar-refractivity contribution in [1.82, 2.24) is 4.90 Å². The van der Waals surface area contributed by atoms with E-state index in [4.69, 9.17) is 16.3 Å². The molecule has 1 fully saturated rings. The van der Waals surface area contributed by atoms with Crippen molar-refractivity contribution >= 4 is 24.0 Å². The van der Waals surface area contributed by atoms with Gasteiger partial charge >= 0.3 is 0 Å². The van der Waals surface area contributed by atoms with Crippen LogP contribution in [0.1, 0.15) is 13.8 Å². The number of halogens is 2. The van der Waals surface area contributed by atoms with Crippen molar-refractivity contribution in [2.45, 2.75) is 26.1 Å². The highest BCUT2D eigenvalue weighted by Crippen LogP contribution is 2.09. The molecule has 12 heavy (non-hydrogen) atoms. The molecule has 2 unspecified atom stereocenters. The van der Waals surface area contributed by atoms with Crippen molar-refractivity contribution in [3.63, 3.8) is 0 Å². The van der Waals surface area contributed by atoms with Crippen LogP contribution >= 0.6 is 24.0 Å². The molecule has 2 atom stereocenters. The summed E-state index contributed by atoms with van der Waals surface area (Å²) in [5.41, 5.74) is 0. The number of hydrogen-bond donors (Lipinski definition) is 0. The number of nitrogens with zero attached hydrogens (tertiary/aromatic N) is 1. The number of alkyl halides is 1. The first-order chi connectivity index (χ1) is 5.22. The largest absolute Gasteiger partial charge is 0.373 e. The lowest BCUT2D eigenvalue weighted by Gasteiger charge is -2.34. The maximum absolute atomic E-state index is 5.65. The second kappa shape index (κ2) is 6.03. The minimum atomic E-state index is 0. The number of rotatable bonds is 2. The van der Waals surface area contributed by atoms with Gasteiger partial charge in [0.2, 0.25) is 0 Å². The minimum absolute atomic E-state index is 0. The predicted molar refractivity (Wildman–Crippen MR) is 54.4 cm³/mol. The first-order valence-corrected chi connectivity index (χ1v) is 4.69. The zero-order valence-corrected chi connectivity index (χ0v) is 9.20. The van der Waals surface area contributed by atoms with Gasteiger partial charge in [-0.2, -0.15) is 0 Å². The van der Waals surface area contributed by atoms with Crippen LogP contribution in [0, 0.1) is 0 Å². The molecular formula is C8H17Cl2NO. The highest BCUT2D eigenvalue weighted by atomic mass is 35.5. The van der Waals surface area contributed by atoms with E-state index in [0.29, 0.717) is 12.2 Å². The molecule has 0 aromatic rings. The van der Waals surface area contributed by atoms with Crippen LogP contribution in [-0.2, 0) is 4.74 Å². The number of ether oxygens (including phenoxy) is 1. The molecule has 0 radical (unpaired) electrons. The van der Waals surface area contributed by atoms with E-state index < -0.39 is 0 Å². The second-order valence-corrected chi connectivity index (χ2v) is 3.58. The number of morpholine rings is 1. The van der Waals surface area contributed by atoms with Gasteiger partial charge in [0.25, 0.3) is 0 Å². The van der Waals surface area contributed by atoms with Crippen molar-refractivity contribution in [1.29, 1.82) is 0 Å². The molecule has 0 N–H and O–H groups in total. The maximum Gasteiger partial charge on any atom is 0.0678 e. The molecule has 1 aliphatic heterocycles. The van der Waals surface area contributed by atoms with E-state index in [1.807, 2.05) is 0 Å². The molecule has 0 aromatic carbocycles. The van der Waals surface area contributed by atoms with Gasteiger partial charge in [-0.25, -0.2) is 0 Å². The standard InChI is InChI=1S/C8H16ClNO.ClH/c1-7-5-10(4-3-9)6-8(2)11-7;/h7-8H,3-6H2,1-2H3;1H. The van der Waals surface area contributed by atoms with Crippen molar-refractivity contribution in [3.05, 3.63) is 0 Å². The Labute approximate surface area is 85.6 Å². The Morgan fingerprint density at radius 1 is 1.33 bits per heavy atom. The van der Waals surface area contributed by atoms with Gasteiger partial charge in [0.05, 0.1) is 12.2 Å². The summed E-state index contributed by atoms with van der Waals surface area (Å²) in [6.45, 7) is 7.25. The summed E-state index contributed by atoms with van der Waals surface area (Å²) in [5, 5.41) is 0. The van der Waals surface area contributed by atoms with Crippen LogP contribution in [0.15, 0.2) is 0 Å². The molecular weight excluding hydrogens is 197 g/mol. The Kier molecular flexibility index (Phi) is 6.28. The van der Waals surface area contributed by atoms with E-state index in [0.717, 1.165) is 25.5 Å². The molecule has 1 heterocycles. The van der Waals surface area contributed by atoms with Gasteiger partial charge in [0.15, 0.2) is 0 Å². The van der Waals surface area contributed by atoms with E-state index in [9.17, 15) is 0 Å². The molecule has 0 bridgehead atoms. The molecule has 1 saturated heterocycles. The van der Waals surface area contributed by atoms with Gasteiger partial charge in [-0.1, -0.05) is 0 Å². The molecule has 2 nitrogen and oxygen atoms in total. The van der Waals surface area contributed by atoms with Crippen molar-refractivity contribution in [2.75, 3.05) is 25.5 Å². The van der Waals surface area contributed by atoms with Gasteiger partial charge < -0.3 is 4.74 Å². The van der Waals surface area contributed by atoms with E-state index in [1.165, 1.54) is 0 Å². The highest BCUT2D eigenvalue weighted by Gasteiger charge is 2.20. The van der Waals surface area contributed by atoms with E-state index in [-0.39, 0.29) is 12.4 Å². The third-order valence-corrected chi connectivity index (χ3v) is 2.07. The van der Waals surface area contributed by atoms with Crippen LogP contribution in [-0.4, -0.2) is 42.6 Å². The summed E-state index contributed by atoms with van der Waals surface area (Å²) in [4.78, 5) is 2.35. The summed E-state index contributed by atoms with van der Waals surface area (Å²) in [7, 11) is 0. The van der Waals surface area contributed by atoms with Crippen molar-refractivity contribution < 1.29 is 4.74 Å². The first kappa shape index (κ1) is 12.5. The van der Waals surface area contributed by atoms with Crippen LogP contribution in [0.25, 0.3) is 0 Å². The predicted octanol–water partition coefficient (Wildman–Crippen LogP) is 1.76. The lowest BCUT2D eigenvalue weighted by Crippen LogP contribution is -2.45. The SMILES string of the molecule is CC1CN(CCCl)CC(C)O1.Cl. The number of hydrogen-bond acceptors (Lipinski definition) is 2. The van der Waals surface area contributed by atoms with Crippen LogP contribution in [0.5, 0.6) is 0 Å². The third-order valence-electron chi connectivity index (χ3n) is 1.90. The van der Waals surface area contributed by atoms with Crippen molar-refractivity contribution in [2.24, 2.45) is 0 Å². The van der Waals surface area contributed by atoms with Crippen LogP contribution in [0.4, 0.5) is 0 Å². The Morgan fingerprint density at radius 2 is 1.83 bits per heavy atom. The zero-order chi connectivity index (χ0) is 8.27. The van der Waals surface area contributed by atoms with Crippen LogP contribution in [0.3, 0.4) is 0 Å². The monoisotopic (exact) mass is 213 g/mol. The molecule has 0 aliphatic carbocycles. The van der Waals surface area contributed by atoms with Crippen molar-refractivity contribution in [3.8, 4) is 0 Å². The van der Waals surface area contributed by atoms with Gasteiger partial charge in [-0.15, -0.1) is 24.0 Å². The van der Waals surface area contributed by atoms with Gasteiger partial charge in [0.1, 0.15) is 0 Å². The molecule has 4 heteroatoms. The Morgan fingerprint density at radius 3 is 2.25 bits per heavy atom. The van der Waals surface area contributed by atoms with E-state index in [1.54, 1.807) is 0 Å². The van der Waals surface area contributed by atoms with Crippen LogP contribution in [0.2, 0.25) is 0 Å². The summed E-state index contributed by atoms with van der Waals surface area (Å²) >= 11 is 5.65. The molecule has 0 amide bonds. The summed E-state index contributed by atoms with van der Waals surface area (Å²) < 4.78 is 5.58. The fourth-order valence-corrected chi connectivity index (χ4v) is 1.83. The fourth-order valence-electron chi connectivity index (χ4n) is 1.59. The van der Waals surface area contributed by atoms with E-state index >= 15 is 0 Å². The Hall–Kier alpha value is 0.500. The molecule has 1 rings (SSSR count). The Bertz CT molecular complexity index is 114. The molecule has 0 spiro atoms. The first-order valence-electron chi connectivity index (χ1n) is 4.16. The quantitative estimate of drug-likeness (QED) is 0.649. The molecule has 0 saturated carbocycles. The normalized spacial score (nSPS) is 31.2. The summed E-state index contributed by atoms with van der Waals surface area (Å²) in [6.07, 6.45) is 0.726. The van der Waals surface area contributed by atoms with E-state index in [2.05, 4.69) is 18.7 Å². The lowest BCUT2D eigenvalue weighted by molar-refractivity contribution is -0.0661. The zero-order valence-electron chi connectivity index (χ0n) is 7.62. The summed E-state index contributed by atoms with van der Waals surface area (Å²) in [5.74, 6) is 0.722. The smallest absolute Gasteiger partial charge is 0.0678 e. The summed E-state index contributed by atoms with van der Waals surface area (Å²) in [6, 6.07) is 0. The molecule has 74 valence electrons.